The first-order valence-corrected chi connectivity index (χ1v) is 8.93. The van der Waals surface area contributed by atoms with E-state index >= 15 is 0 Å². The maximum Gasteiger partial charge on any atom is 0.425 e. The Balaban J connectivity index is 2.40. The minimum Gasteiger partial charge on any atom is -0.490 e. The molecule has 0 aliphatic rings. The molecule has 0 saturated carbocycles. The van der Waals surface area contributed by atoms with Crippen LogP contribution in [-0.2, 0) is 10.2 Å². The number of rotatable bonds is 6. The van der Waals surface area contributed by atoms with Gasteiger partial charge in [-0.1, -0.05) is 44.0 Å². The Morgan fingerprint density at radius 3 is 2.42 bits per heavy atom. The Labute approximate surface area is 161 Å². The molecule has 1 aromatic heterocycles. The van der Waals surface area contributed by atoms with Gasteiger partial charge in [0.1, 0.15) is 18.2 Å². The van der Waals surface area contributed by atoms with Crippen LogP contribution in [0.5, 0.6) is 5.75 Å². The molecule has 0 fully saturated rings. The van der Waals surface area contributed by atoms with E-state index in [1.54, 1.807) is 0 Å². The van der Waals surface area contributed by atoms with Crippen molar-refractivity contribution in [3.63, 3.8) is 0 Å². The first-order valence-electron chi connectivity index (χ1n) is 8.18. The molecular formula is C18H22Cl2FNO4. The fraction of sp³-hybridized carbons (Fsp3) is 0.500. The molecule has 144 valence electrons. The van der Waals surface area contributed by atoms with Gasteiger partial charge in [0.2, 0.25) is 0 Å². The summed E-state index contributed by atoms with van der Waals surface area (Å²) in [5.74, 6) is -1.01. The van der Waals surface area contributed by atoms with E-state index in [9.17, 15) is 9.18 Å². The van der Waals surface area contributed by atoms with Gasteiger partial charge in [0.15, 0.2) is 10.9 Å². The number of hydrogen-bond acceptors (Lipinski definition) is 4. The van der Waals surface area contributed by atoms with Gasteiger partial charge in [0.25, 0.3) is 0 Å². The van der Waals surface area contributed by atoms with Crippen molar-refractivity contribution in [2.45, 2.75) is 46.1 Å². The molecule has 0 atom stereocenters. The van der Waals surface area contributed by atoms with E-state index in [4.69, 9.17) is 37.1 Å². The van der Waals surface area contributed by atoms with Crippen molar-refractivity contribution in [1.29, 1.82) is 0 Å². The first kappa shape index (κ1) is 20.8. The Kier molecular flexibility index (Phi) is 6.42. The molecule has 2 rings (SSSR count). The maximum atomic E-state index is 14.5. The fourth-order valence-corrected chi connectivity index (χ4v) is 2.95. The zero-order chi connectivity index (χ0) is 19.6. The number of ether oxygens (including phenoxy) is 2. The summed E-state index contributed by atoms with van der Waals surface area (Å²) in [4.78, 5) is 12.2. The fourth-order valence-electron chi connectivity index (χ4n) is 2.26. The van der Waals surface area contributed by atoms with Gasteiger partial charge in [-0.2, -0.15) is 0 Å². The van der Waals surface area contributed by atoms with Crippen LogP contribution < -0.4 is 10.5 Å². The summed E-state index contributed by atoms with van der Waals surface area (Å²) in [5, 5.41) is 0.0947. The van der Waals surface area contributed by atoms with Crippen LogP contribution in [-0.4, -0.2) is 23.9 Å². The van der Waals surface area contributed by atoms with Gasteiger partial charge in [0.05, 0.1) is 23.4 Å². The summed E-state index contributed by atoms with van der Waals surface area (Å²) in [7, 11) is 0. The van der Waals surface area contributed by atoms with E-state index in [0.29, 0.717) is 6.61 Å². The van der Waals surface area contributed by atoms with Gasteiger partial charge in [-0.25, -0.2) is 13.8 Å². The number of benzene rings is 1. The second-order valence-electron chi connectivity index (χ2n) is 7.08. The standard InChI is InChI=1S/C18H22Cl2FNO4/c1-10(2)24-6-7-25-14-9-13(12(21)8-11(14)19)22-16(20)15(18(3,4)5)26-17(22)23/h8-10H,6-7H2,1-5H3. The van der Waals surface area contributed by atoms with E-state index in [1.165, 1.54) is 6.07 Å². The molecule has 0 N–H and O–H groups in total. The van der Waals surface area contributed by atoms with Crippen LogP contribution in [0.4, 0.5) is 4.39 Å². The Bertz CT molecular complexity index is 837. The molecule has 0 unspecified atom stereocenters. The predicted molar refractivity (Wildman–Crippen MR) is 99.6 cm³/mol. The van der Waals surface area contributed by atoms with Crippen LogP contribution in [0, 0.1) is 5.82 Å². The monoisotopic (exact) mass is 405 g/mol. The number of aromatic nitrogens is 1. The van der Waals surface area contributed by atoms with Crippen molar-refractivity contribution < 1.29 is 18.3 Å². The first-order chi connectivity index (χ1) is 12.0. The minimum atomic E-state index is -0.782. The highest BCUT2D eigenvalue weighted by molar-refractivity contribution is 6.32. The zero-order valence-electron chi connectivity index (χ0n) is 15.4. The van der Waals surface area contributed by atoms with Crippen LogP contribution in [0.3, 0.4) is 0 Å². The SMILES string of the molecule is CC(C)OCCOc1cc(-n2c(Cl)c(C(C)(C)C)oc2=O)c(F)cc1Cl. The lowest BCUT2D eigenvalue weighted by atomic mass is 9.94. The molecule has 0 saturated heterocycles. The second-order valence-corrected chi connectivity index (χ2v) is 7.84. The van der Waals surface area contributed by atoms with Gasteiger partial charge >= 0.3 is 5.76 Å². The third-order valence-corrected chi connectivity index (χ3v) is 4.11. The van der Waals surface area contributed by atoms with Gasteiger partial charge in [-0.05, 0) is 19.9 Å². The van der Waals surface area contributed by atoms with Crippen molar-refractivity contribution in [3.8, 4) is 11.4 Å². The highest BCUT2D eigenvalue weighted by Crippen LogP contribution is 2.34. The van der Waals surface area contributed by atoms with E-state index < -0.39 is 17.0 Å². The molecule has 0 bridgehead atoms. The van der Waals surface area contributed by atoms with Crippen LogP contribution in [0.15, 0.2) is 21.3 Å². The van der Waals surface area contributed by atoms with E-state index in [0.717, 1.165) is 10.6 Å². The van der Waals surface area contributed by atoms with Crippen molar-refractivity contribution in [3.05, 3.63) is 44.4 Å². The summed E-state index contributed by atoms with van der Waals surface area (Å²) in [6, 6.07) is 2.39. The number of nitrogens with zero attached hydrogens (tertiary/aromatic N) is 1. The molecule has 0 aliphatic carbocycles. The largest absolute Gasteiger partial charge is 0.490 e. The molecule has 26 heavy (non-hydrogen) atoms. The van der Waals surface area contributed by atoms with Crippen molar-refractivity contribution >= 4 is 23.2 Å². The average molecular weight is 406 g/mol. The third kappa shape index (κ3) is 4.61. The van der Waals surface area contributed by atoms with Gasteiger partial charge < -0.3 is 13.9 Å². The van der Waals surface area contributed by atoms with E-state index in [-0.39, 0.29) is 40.1 Å². The summed E-state index contributed by atoms with van der Waals surface area (Å²) in [5.41, 5.74) is -0.610. The minimum absolute atomic E-state index is 0.0119. The van der Waals surface area contributed by atoms with Crippen LogP contribution in [0.25, 0.3) is 5.69 Å². The number of hydrogen-bond donors (Lipinski definition) is 0. The molecule has 0 radical (unpaired) electrons. The molecule has 1 heterocycles. The lowest BCUT2D eigenvalue weighted by molar-refractivity contribution is 0.0553. The van der Waals surface area contributed by atoms with Crippen molar-refractivity contribution in [1.82, 2.24) is 4.57 Å². The highest BCUT2D eigenvalue weighted by atomic mass is 35.5. The van der Waals surface area contributed by atoms with Crippen molar-refractivity contribution in [2.75, 3.05) is 13.2 Å². The van der Waals surface area contributed by atoms with Crippen molar-refractivity contribution in [2.24, 2.45) is 0 Å². The van der Waals surface area contributed by atoms with Crippen LogP contribution in [0.2, 0.25) is 10.2 Å². The van der Waals surface area contributed by atoms with Crippen LogP contribution >= 0.6 is 23.2 Å². The van der Waals surface area contributed by atoms with E-state index in [1.807, 2.05) is 34.6 Å². The number of halogens is 3. The highest BCUT2D eigenvalue weighted by Gasteiger charge is 2.28. The molecular weight excluding hydrogens is 384 g/mol. The summed E-state index contributed by atoms with van der Waals surface area (Å²) in [6.07, 6.45) is 0.0667. The average Bonchev–Trinajstić information content (AvgIpc) is 2.80. The quantitative estimate of drug-likeness (QED) is 0.636. The van der Waals surface area contributed by atoms with E-state index in [2.05, 4.69) is 0 Å². The lowest BCUT2D eigenvalue weighted by Gasteiger charge is -2.15. The molecule has 0 aliphatic heterocycles. The Hall–Kier alpha value is -1.50. The number of oxazole rings is 1. The molecule has 1 aromatic carbocycles. The Morgan fingerprint density at radius 1 is 1.23 bits per heavy atom. The molecule has 0 amide bonds. The normalized spacial score (nSPS) is 12.0. The molecule has 2 aromatic rings. The maximum absolute atomic E-state index is 14.5. The smallest absolute Gasteiger partial charge is 0.425 e. The second kappa shape index (κ2) is 8.03. The van der Waals surface area contributed by atoms with Gasteiger partial charge in [-0.15, -0.1) is 0 Å². The Morgan fingerprint density at radius 2 is 1.88 bits per heavy atom. The molecule has 0 spiro atoms. The summed E-state index contributed by atoms with van der Waals surface area (Å²) < 4.78 is 31.6. The summed E-state index contributed by atoms with van der Waals surface area (Å²) in [6.45, 7) is 9.90. The molecule has 5 nitrogen and oxygen atoms in total. The molecule has 8 heteroatoms. The predicted octanol–water partition coefficient (Wildman–Crippen LogP) is 4.98. The topological polar surface area (TPSA) is 53.6 Å². The van der Waals surface area contributed by atoms with Gasteiger partial charge in [-0.3, -0.25) is 0 Å². The van der Waals surface area contributed by atoms with Gasteiger partial charge in [0, 0.05) is 11.5 Å². The zero-order valence-corrected chi connectivity index (χ0v) is 16.9. The van der Waals surface area contributed by atoms with Crippen LogP contribution in [0.1, 0.15) is 40.4 Å². The third-order valence-electron chi connectivity index (χ3n) is 3.47. The summed E-state index contributed by atoms with van der Waals surface area (Å²) >= 11 is 12.3. The lowest BCUT2D eigenvalue weighted by Crippen LogP contribution is -2.15.